The smallest absolute Gasteiger partial charge is 0.225 e. The van der Waals surface area contributed by atoms with Crippen LogP contribution in [0.1, 0.15) is 32.1 Å². The van der Waals surface area contributed by atoms with Gasteiger partial charge in [0, 0.05) is 25.6 Å². The van der Waals surface area contributed by atoms with Crippen LogP contribution in [0, 0.1) is 23.7 Å². The van der Waals surface area contributed by atoms with Crippen LogP contribution < -0.4 is 4.72 Å². The predicted octanol–water partition coefficient (Wildman–Crippen LogP) is 0.820. The van der Waals surface area contributed by atoms with Crippen LogP contribution in [0.3, 0.4) is 0 Å². The fraction of sp³-hybridized carbons (Fsp3) is 0.929. The number of hydrogen-bond acceptors (Lipinski definition) is 3. The van der Waals surface area contributed by atoms with Crippen molar-refractivity contribution in [2.45, 2.75) is 32.1 Å². The molecule has 3 unspecified atom stereocenters. The molecule has 0 bridgehead atoms. The van der Waals surface area contributed by atoms with Gasteiger partial charge in [-0.15, -0.1) is 0 Å². The Bertz CT molecular complexity index is 481. The SMILES string of the molecule is CS(=O)(=O)NCC1CCCN(C(=O)C2CC3CC3C2)C1. The maximum atomic E-state index is 12.5. The van der Waals surface area contributed by atoms with Crippen molar-refractivity contribution in [3.05, 3.63) is 0 Å². The minimum absolute atomic E-state index is 0.250. The maximum absolute atomic E-state index is 12.5. The lowest BCUT2D eigenvalue weighted by atomic mass is 9.95. The third kappa shape index (κ3) is 3.34. The van der Waals surface area contributed by atoms with E-state index in [-0.39, 0.29) is 11.8 Å². The molecule has 1 N–H and O–H groups in total. The Kier molecular flexibility index (Phi) is 3.79. The molecular weight excluding hydrogens is 276 g/mol. The maximum Gasteiger partial charge on any atom is 0.225 e. The lowest BCUT2D eigenvalue weighted by Crippen LogP contribution is -2.45. The molecule has 6 heteroatoms. The number of rotatable bonds is 4. The third-order valence-corrected chi connectivity index (χ3v) is 5.75. The standard InChI is InChI=1S/C14H24N2O3S/c1-20(18,19)15-8-10-3-2-4-16(9-10)14(17)13-6-11-5-12(11)7-13/h10-13,15H,2-9H2,1H3. The second-order valence-corrected chi connectivity index (χ2v) is 8.67. The van der Waals surface area contributed by atoms with E-state index in [0.29, 0.717) is 19.0 Å². The topological polar surface area (TPSA) is 66.5 Å². The molecule has 0 aromatic rings. The van der Waals surface area contributed by atoms with Crippen molar-refractivity contribution in [1.29, 1.82) is 0 Å². The van der Waals surface area contributed by atoms with Gasteiger partial charge in [0.05, 0.1) is 6.26 Å². The zero-order valence-corrected chi connectivity index (χ0v) is 12.9. The number of piperidine rings is 1. The molecule has 0 spiro atoms. The molecule has 0 aromatic heterocycles. The van der Waals surface area contributed by atoms with Gasteiger partial charge in [0.1, 0.15) is 0 Å². The highest BCUT2D eigenvalue weighted by Crippen LogP contribution is 2.54. The second kappa shape index (κ2) is 5.30. The van der Waals surface area contributed by atoms with E-state index in [1.807, 2.05) is 4.90 Å². The van der Waals surface area contributed by atoms with Gasteiger partial charge in [-0.05, 0) is 49.9 Å². The van der Waals surface area contributed by atoms with Crippen LogP contribution in [0.4, 0.5) is 0 Å². The fourth-order valence-electron chi connectivity index (χ4n) is 3.88. The Morgan fingerprint density at radius 3 is 2.60 bits per heavy atom. The highest BCUT2D eigenvalue weighted by atomic mass is 32.2. The summed E-state index contributed by atoms with van der Waals surface area (Å²) in [6.45, 7) is 2.02. The number of likely N-dealkylation sites (tertiary alicyclic amines) is 1. The van der Waals surface area contributed by atoms with E-state index in [1.165, 1.54) is 12.7 Å². The average Bonchev–Trinajstić information content (AvgIpc) is 3.02. The van der Waals surface area contributed by atoms with E-state index < -0.39 is 10.0 Å². The zero-order chi connectivity index (χ0) is 14.3. The summed E-state index contributed by atoms with van der Waals surface area (Å²) < 4.78 is 24.9. The van der Waals surface area contributed by atoms with Gasteiger partial charge in [-0.1, -0.05) is 0 Å². The molecule has 3 fully saturated rings. The molecule has 0 aromatic carbocycles. The molecule has 1 saturated heterocycles. The first-order chi connectivity index (χ1) is 9.42. The van der Waals surface area contributed by atoms with Crippen molar-refractivity contribution in [2.75, 3.05) is 25.9 Å². The molecule has 3 rings (SSSR count). The first-order valence-corrected chi connectivity index (χ1v) is 9.55. The second-order valence-electron chi connectivity index (χ2n) is 6.84. The molecule has 2 saturated carbocycles. The third-order valence-electron chi connectivity index (χ3n) is 5.06. The van der Waals surface area contributed by atoms with Crippen molar-refractivity contribution in [3.63, 3.8) is 0 Å². The summed E-state index contributed by atoms with van der Waals surface area (Å²) in [6, 6.07) is 0. The molecule has 1 amide bonds. The summed E-state index contributed by atoms with van der Waals surface area (Å²) in [7, 11) is -3.13. The highest BCUT2D eigenvalue weighted by molar-refractivity contribution is 7.88. The largest absolute Gasteiger partial charge is 0.342 e. The Morgan fingerprint density at radius 1 is 1.25 bits per heavy atom. The minimum Gasteiger partial charge on any atom is -0.342 e. The summed E-state index contributed by atoms with van der Waals surface area (Å²) in [4.78, 5) is 14.5. The average molecular weight is 300 g/mol. The molecule has 3 atom stereocenters. The lowest BCUT2D eigenvalue weighted by molar-refractivity contribution is -0.137. The number of fused-ring (bicyclic) bond motifs is 1. The Morgan fingerprint density at radius 2 is 1.95 bits per heavy atom. The number of carbonyl (C=O) groups is 1. The number of sulfonamides is 1. The number of carbonyl (C=O) groups excluding carboxylic acids is 1. The van der Waals surface area contributed by atoms with Crippen molar-refractivity contribution >= 4 is 15.9 Å². The molecule has 2 aliphatic carbocycles. The summed E-state index contributed by atoms with van der Waals surface area (Å²) in [6.07, 6.45) is 6.69. The van der Waals surface area contributed by atoms with Crippen molar-refractivity contribution in [3.8, 4) is 0 Å². The molecule has 5 nitrogen and oxygen atoms in total. The van der Waals surface area contributed by atoms with E-state index in [9.17, 15) is 13.2 Å². The van der Waals surface area contributed by atoms with Crippen LogP contribution in [-0.2, 0) is 14.8 Å². The molecular formula is C14H24N2O3S. The fourth-order valence-corrected chi connectivity index (χ4v) is 4.41. The highest BCUT2D eigenvalue weighted by Gasteiger charge is 2.49. The van der Waals surface area contributed by atoms with E-state index >= 15 is 0 Å². The summed E-state index contributed by atoms with van der Waals surface area (Å²) in [5.41, 5.74) is 0. The molecule has 114 valence electrons. The molecule has 1 aliphatic heterocycles. The quantitative estimate of drug-likeness (QED) is 0.836. The van der Waals surface area contributed by atoms with E-state index in [0.717, 1.165) is 44.1 Å². The van der Waals surface area contributed by atoms with Gasteiger partial charge >= 0.3 is 0 Å². The number of amides is 1. The normalized spacial score (nSPS) is 36.8. The van der Waals surface area contributed by atoms with Crippen LogP contribution in [0.2, 0.25) is 0 Å². The monoisotopic (exact) mass is 300 g/mol. The van der Waals surface area contributed by atoms with Gasteiger partial charge in [-0.25, -0.2) is 13.1 Å². The Labute approximate surface area is 121 Å². The van der Waals surface area contributed by atoms with Crippen molar-refractivity contribution in [1.82, 2.24) is 9.62 Å². The summed E-state index contributed by atoms with van der Waals surface area (Å²) in [5, 5.41) is 0. The van der Waals surface area contributed by atoms with Crippen LogP contribution in [0.15, 0.2) is 0 Å². The van der Waals surface area contributed by atoms with E-state index in [1.54, 1.807) is 0 Å². The first kappa shape index (κ1) is 14.3. The predicted molar refractivity (Wildman–Crippen MR) is 76.5 cm³/mol. The lowest BCUT2D eigenvalue weighted by Gasteiger charge is -2.34. The van der Waals surface area contributed by atoms with Gasteiger partial charge in [0.15, 0.2) is 0 Å². The molecule has 3 aliphatic rings. The van der Waals surface area contributed by atoms with Crippen LogP contribution in [0.5, 0.6) is 0 Å². The van der Waals surface area contributed by atoms with E-state index in [4.69, 9.17) is 0 Å². The Hall–Kier alpha value is -0.620. The summed E-state index contributed by atoms with van der Waals surface area (Å²) >= 11 is 0. The number of nitrogens with one attached hydrogen (secondary N) is 1. The Balaban J connectivity index is 1.51. The van der Waals surface area contributed by atoms with Crippen LogP contribution >= 0.6 is 0 Å². The van der Waals surface area contributed by atoms with Crippen molar-refractivity contribution in [2.24, 2.45) is 23.7 Å². The molecule has 20 heavy (non-hydrogen) atoms. The zero-order valence-electron chi connectivity index (χ0n) is 12.0. The van der Waals surface area contributed by atoms with Crippen molar-refractivity contribution < 1.29 is 13.2 Å². The van der Waals surface area contributed by atoms with Crippen LogP contribution in [0.25, 0.3) is 0 Å². The molecule has 1 heterocycles. The number of nitrogens with zero attached hydrogens (tertiary/aromatic N) is 1. The van der Waals surface area contributed by atoms with Gasteiger partial charge in [-0.2, -0.15) is 0 Å². The first-order valence-electron chi connectivity index (χ1n) is 7.66. The van der Waals surface area contributed by atoms with E-state index in [2.05, 4.69) is 4.72 Å². The van der Waals surface area contributed by atoms with Gasteiger partial charge in [0.2, 0.25) is 15.9 Å². The summed E-state index contributed by atoms with van der Waals surface area (Å²) in [5.74, 6) is 2.49. The van der Waals surface area contributed by atoms with Crippen LogP contribution in [-0.4, -0.2) is 45.1 Å². The van der Waals surface area contributed by atoms with Gasteiger partial charge in [0.25, 0.3) is 0 Å². The number of hydrogen-bond donors (Lipinski definition) is 1. The minimum atomic E-state index is -3.13. The van der Waals surface area contributed by atoms with Gasteiger partial charge in [-0.3, -0.25) is 4.79 Å². The molecule has 0 radical (unpaired) electrons. The van der Waals surface area contributed by atoms with Gasteiger partial charge < -0.3 is 4.90 Å².